The van der Waals surface area contributed by atoms with E-state index in [0.29, 0.717) is 5.82 Å². The number of nitrogens with one attached hydrogen (secondary N) is 1. The van der Waals surface area contributed by atoms with E-state index in [0.717, 1.165) is 22.1 Å². The van der Waals surface area contributed by atoms with E-state index in [2.05, 4.69) is 65.2 Å². The minimum Gasteiger partial charge on any atom is -0.383 e. The molecule has 0 aliphatic rings. The first-order valence-corrected chi connectivity index (χ1v) is 7.54. The summed E-state index contributed by atoms with van der Waals surface area (Å²) in [6.45, 7) is 7.11. The van der Waals surface area contributed by atoms with Crippen LogP contribution in [0.2, 0.25) is 0 Å². The first-order chi connectivity index (χ1) is 9.54. The average molecular weight is 334 g/mol. The molecular weight excluding hydrogens is 314 g/mol. The molecule has 1 heterocycles. The van der Waals surface area contributed by atoms with E-state index in [-0.39, 0.29) is 6.04 Å². The number of benzene rings is 1. The lowest BCUT2D eigenvalue weighted by Gasteiger charge is -2.22. The highest BCUT2D eigenvalue weighted by molar-refractivity contribution is 9.10. The predicted molar refractivity (Wildman–Crippen MR) is 87.8 cm³/mol. The van der Waals surface area contributed by atoms with E-state index in [9.17, 15) is 0 Å². The summed E-state index contributed by atoms with van der Waals surface area (Å²) in [5, 5.41) is 3.50. The molecule has 1 aromatic carbocycles. The van der Waals surface area contributed by atoms with E-state index in [1.54, 1.807) is 6.20 Å². The highest BCUT2D eigenvalue weighted by Crippen LogP contribution is 2.30. The third kappa shape index (κ3) is 3.02. The Hall–Kier alpha value is -1.39. The van der Waals surface area contributed by atoms with Crippen LogP contribution in [0.25, 0.3) is 0 Å². The molecule has 20 heavy (non-hydrogen) atoms. The van der Waals surface area contributed by atoms with E-state index in [1.165, 1.54) is 11.1 Å². The van der Waals surface area contributed by atoms with Gasteiger partial charge in [-0.05, 0) is 49.2 Å². The van der Waals surface area contributed by atoms with Crippen molar-refractivity contribution >= 4 is 21.7 Å². The third-order valence-electron chi connectivity index (χ3n) is 3.47. The Morgan fingerprint density at radius 2 is 2.00 bits per heavy atom. The lowest BCUT2D eigenvalue weighted by molar-refractivity contribution is 0.627. The number of hydrogen-bond acceptors (Lipinski definition) is 3. The monoisotopic (exact) mass is 333 g/mol. The maximum atomic E-state index is 6.10. The minimum atomic E-state index is 0.0607. The molecule has 4 heteroatoms. The van der Waals surface area contributed by atoms with Gasteiger partial charge in [0.1, 0.15) is 5.82 Å². The summed E-state index contributed by atoms with van der Waals surface area (Å²) in [6.07, 6.45) is 1.75. The molecule has 0 aliphatic carbocycles. The maximum absolute atomic E-state index is 6.10. The zero-order chi connectivity index (χ0) is 14.7. The number of halogens is 1. The summed E-state index contributed by atoms with van der Waals surface area (Å²) in [5.74, 6) is 0.590. The van der Waals surface area contributed by atoms with Crippen molar-refractivity contribution in [2.45, 2.75) is 26.8 Å². The minimum absolute atomic E-state index is 0.0607. The first kappa shape index (κ1) is 15.0. The average Bonchev–Trinajstić information content (AvgIpc) is 2.41. The topological polar surface area (TPSA) is 50.9 Å². The van der Waals surface area contributed by atoms with Crippen molar-refractivity contribution < 1.29 is 0 Å². The van der Waals surface area contributed by atoms with Gasteiger partial charge in [-0.15, -0.1) is 0 Å². The molecule has 0 fully saturated rings. The van der Waals surface area contributed by atoms with Gasteiger partial charge in [-0.1, -0.05) is 35.0 Å². The number of rotatable bonds is 4. The van der Waals surface area contributed by atoms with Gasteiger partial charge in [0.15, 0.2) is 0 Å². The van der Waals surface area contributed by atoms with Crippen LogP contribution in [0.5, 0.6) is 0 Å². The standard InChI is InChI=1S/C16H20BrN3/c1-4-19-15(12-6-5-10(2)13(17)9-12)14-11(3)7-8-20-16(14)18/h5-9,15,19H,4H2,1-3H3,(H2,18,20). The van der Waals surface area contributed by atoms with Gasteiger partial charge >= 0.3 is 0 Å². The highest BCUT2D eigenvalue weighted by Gasteiger charge is 2.19. The van der Waals surface area contributed by atoms with Gasteiger partial charge in [0.25, 0.3) is 0 Å². The zero-order valence-electron chi connectivity index (χ0n) is 12.1. The number of aromatic nitrogens is 1. The molecular formula is C16H20BrN3. The largest absolute Gasteiger partial charge is 0.383 e. The van der Waals surface area contributed by atoms with Gasteiger partial charge in [0.2, 0.25) is 0 Å². The third-order valence-corrected chi connectivity index (χ3v) is 4.32. The van der Waals surface area contributed by atoms with Crippen LogP contribution in [0.4, 0.5) is 5.82 Å². The SMILES string of the molecule is CCNC(c1ccc(C)c(Br)c1)c1c(C)ccnc1N. The van der Waals surface area contributed by atoms with Crippen LogP contribution in [0.1, 0.15) is 35.2 Å². The molecule has 1 aromatic heterocycles. The molecule has 1 atom stereocenters. The number of pyridine rings is 1. The van der Waals surface area contributed by atoms with Crippen LogP contribution < -0.4 is 11.1 Å². The normalized spacial score (nSPS) is 12.4. The Bertz CT molecular complexity index is 590. The Morgan fingerprint density at radius 1 is 1.25 bits per heavy atom. The van der Waals surface area contributed by atoms with Crippen molar-refractivity contribution in [1.29, 1.82) is 0 Å². The van der Waals surface area contributed by atoms with Gasteiger partial charge in [0, 0.05) is 16.2 Å². The highest BCUT2D eigenvalue weighted by atomic mass is 79.9. The molecule has 106 valence electrons. The van der Waals surface area contributed by atoms with Crippen LogP contribution in [-0.2, 0) is 0 Å². The van der Waals surface area contributed by atoms with Crippen molar-refractivity contribution in [3.05, 3.63) is 57.2 Å². The first-order valence-electron chi connectivity index (χ1n) is 6.75. The predicted octanol–water partition coefficient (Wildman–Crippen LogP) is 3.74. The number of nitrogen functional groups attached to an aromatic ring is 1. The fourth-order valence-electron chi connectivity index (χ4n) is 2.35. The molecule has 2 aromatic rings. The van der Waals surface area contributed by atoms with Crippen LogP contribution in [0.3, 0.4) is 0 Å². The molecule has 3 nitrogen and oxygen atoms in total. The summed E-state index contributed by atoms with van der Waals surface area (Å²) < 4.78 is 1.11. The van der Waals surface area contributed by atoms with Gasteiger partial charge in [-0.2, -0.15) is 0 Å². The summed E-state index contributed by atoms with van der Waals surface area (Å²) in [5.41, 5.74) is 10.7. The number of aryl methyl sites for hydroxylation is 2. The second-order valence-corrected chi connectivity index (χ2v) is 5.78. The fraction of sp³-hybridized carbons (Fsp3) is 0.312. The summed E-state index contributed by atoms with van der Waals surface area (Å²) in [4.78, 5) is 4.23. The number of nitrogens with two attached hydrogens (primary N) is 1. The van der Waals surface area contributed by atoms with Crippen LogP contribution in [-0.4, -0.2) is 11.5 Å². The molecule has 0 saturated heterocycles. The number of nitrogens with zero attached hydrogens (tertiary/aromatic N) is 1. The summed E-state index contributed by atoms with van der Waals surface area (Å²) in [7, 11) is 0. The van der Waals surface area contributed by atoms with E-state index < -0.39 is 0 Å². The van der Waals surface area contributed by atoms with E-state index in [4.69, 9.17) is 5.73 Å². The lowest BCUT2D eigenvalue weighted by Crippen LogP contribution is -2.24. The Morgan fingerprint density at radius 3 is 2.60 bits per heavy atom. The Labute approximate surface area is 128 Å². The number of anilines is 1. The molecule has 1 unspecified atom stereocenters. The molecule has 0 bridgehead atoms. The maximum Gasteiger partial charge on any atom is 0.128 e. The zero-order valence-corrected chi connectivity index (χ0v) is 13.7. The fourth-order valence-corrected chi connectivity index (χ4v) is 2.74. The molecule has 3 N–H and O–H groups in total. The van der Waals surface area contributed by atoms with Crippen molar-refractivity contribution in [3.63, 3.8) is 0 Å². The van der Waals surface area contributed by atoms with Crippen LogP contribution in [0.15, 0.2) is 34.9 Å². The van der Waals surface area contributed by atoms with Crippen LogP contribution >= 0.6 is 15.9 Å². The Kier molecular flexibility index (Phi) is 4.78. The van der Waals surface area contributed by atoms with Gasteiger partial charge in [-0.25, -0.2) is 4.98 Å². The van der Waals surface area contributed by atoms with E-state index >= 15 is 0 Å². The molecule has 0 spiro atoms. The van der Waals surface area contributed by atoms with E-state index in [1.807, 2.05) is 6.07 Å². The van der Waals surface area contributed by atoms with Crippen molar-refractivity contribution in [2.75, 3.05) is 12.3 Å². The lowest BCUT2D eigenvalue weighted by atomic mass is 9.95. The molecule has 0 radical (unpaired) electrons. The molecule has 0 amide bonds. The smallest absolute Gasteiger partial charge is 0.128 e. The van der Waals surface area contributed by atoms with Crippen molar-refractivity contribution in [2.24, 2.45) is 0 Å². The van der Waals surface area contributed by atoms with Gasteiger partial charge < -0.3 is 11.1 Å². The Balaban J connectivity index is 2.53. The summed E-state index contributed by atoms with van der Waals surface area (Å²) in [6, 6.07) is 8.46. The summed E-state index contributed by atoms with van der Waals surface area (Å²) >= 11 is 3.60. The van der Waals surface area contributed by atoms with Gasteiger partial charge in [0.05, 0.1) is 6.04 Å². The molecule has 0 saturated carbocycles. The number of hydrogen-bond donors (Lipinski definition) is 2. The van der Waals surface area contributed by atoms with Crippen LogP contribution in [0, 0.1) is 13.8 Å². The van der Waals surface area contributed by atoms with Gasteiger partial charge in [-0.3, -0.25) is 0 Å². The van der Waals surface area contributed by atoms with Crippen molar-refractivity contribution in [1.82, 2.24) is 10.3 Å². The quantitative estimate of drug-likeness (QED) is 0.895. The van der Waals surface area contributed by atoms with Crippen molar-refractivity contribution in [3.8, 4) is 0 Å². The second kappa shape index (κ2) is 6.37. The second-order valence-electron chi connectivity index (χ2n) is 4.93. The molecule has 2 rings (SSSR count). The molecule has 0 aliphatic heterocycles.